The summed E-state index contributed by atoms with van der Waals surface area (Å²) in [6.07, 6.45) is 0.993. The van der Waals surface area contributed by atoms with E-state index in [0.717, 1.165) is 6.42 Å². The second kappa shape index (κ2) is 8.11. The summed E-state index contributed by atoms with van der Waals surface area (Å²) in [5, 5.41) is 5.22. The lowest BCUT2D eigenvalue weighted by atomic mass is 10.3. The highest BCUT2D eigenvalue weighted by atomic mass is 16.2. The summed E-state index contributed by atoms with van der Waals surface area (Å²) >= 11 is 0. The van der Waals surface area contributed by atoms with E-state index in [1.54, 1.807) is 0 Å². The van der Waals surface area contributed by atoms with E-state index >= 15 is 0 Å². The molecule has 0 saturated heterocycles. The van der Waals surface area contributed by atoms with Crippen LogP contribution in [0.4, 0.5) is 0 Å². The molecular formula is C10H16N2O2. The Balaban J connectivity index is 3.40. The summed E-state index contributed by atoms with van der Waals surface area (Å²) < 4.78 is 0. The van der Waals surface area contributed by atoms with E-state index in [-0.39, 0.29) is 18.2 Å². The molecule has 0 saturated carbocycles. The van der Waals surface area contributed by atoms with Crippen molar-refractivity contribution in [2.45, 2.75) is 26.7 Å². The van der Waals surface area contributed by atoms with Crippen molar-refractivity contribution in [1.29, 1.82) is 0 Å². The number of amides is 2. The van der Waals surface area contributed by atoms with Gasteiger partial charge in [-0.1, -0.05) is 12.8 Å². The second-order valence-electron chi connectivity index (χ2n) is 2.72. The summed E-state index contributed by atoms with van der Waals surface area (Å²) in [5.41, 5.74) is 0. The number of hydrogen-bond acceptors (Lipinski definition) is 2. The van der Waals surface area contributed by atoms with Gasteiger partial charge in [-0.05, 0) is 0 Å². The number of carbonyl (C=O) groups excluding carboxylic acids is 2. The molecule has 78 valence electrons. The molecule has 0 aromatic rings. The van der Waals surface area contributed by atoms with Crippen molar-refractivity contribution < 1.29 is 9.59 Å². The van der Waals surface area contributed by atoms with Crippen LogP contribution in [0.1, 0.15) is 26.7 Å². The molecule has 0 aliphatic carbocycles. The Labute approximate surface area is 84.4 Å². The Hall–Kier alpha value is -1.50. The Morgan fingerprint density at radius 1 is 1.14 bits per heavy atom. The fourth-order valence-corrected chi connectivity index (χ4v) is 0.771. The maximum absolute atomic E-state index is 11.0. The molecule has 0 aliphatic rings. The van der Waals surface area contributed by atoms with Gasteiger partial charge in [0.2, 0.25) is 11.8 Å². The SMILES string of the molecule is CCC#CCC(=O)NCCNC(C)=O. The molecule has 0 aromatic heterocycles. The van der Waals surface area contributed by atoms with Gasteiger partial charge in [0, 0.05) is 26.4 Å². The van der Waals surface area contributed by atoms with Crippen LogP contribution in [0.25, 0.3) is 0 Å². The van der Waals surface area contributed by atoms with E-state index in [1.807, 2.05) is 6.92 Å². The van der Waals surface area contributed by atoms with Crippen molar-refractivity contribution in [2.24, 2.45) is 0 Å². The highest BCUT2D eigenvalue weighted by molar-refractivity contribution is 5.78. The molecule has 0 aromatic carbocycles. The van der Waals surface area contributed by atoms with Crippen LogP contribution in [-0.2, 0) is 9.59 Å². The van der Waals surface area contributed by atoms with Gasteiger partial charge >= 0.3 is 0 Å². The lowest BCUT2D eigenvalue weighted by molar-refractivity contribution is -0.121. The second-order valence-corrected chi connectivity index (χ2v) is 2.72. The van der Waals surface area contributed by atoms with Crippen LogP contribution in [0.3, 0.4) is 0 Å². The maximum Gasteiger partial charge on any atom is 0.232 e. The Kier molecular flexibility index (Phi) is 7.24. The average Bonchev–Trinajstić information content (AvgIpc) is 2.13. The van der Waals surface area contributed by atoms with Crippen LogP contribution in [0.15, 0.2) is 0 Å². The topological polar surface area (TPSA) is 58.2 Å². The fourth-order valence-electron chi connectivity index (χ4n) is 0.771. The van der Waals surface area contributed by atoms with E-state index in [2.05, 4.69) is 22.5 Å². The third-order valence-corrected chi connectivity index (χ3v) is 1.37. The number of rotatable bonds is 4. The molecule has 14 heavy (non-hydrogen) atoms. The molecule has 0 fully saturated rings. The van der Waals surface area contributed by atoms with Gasteiger partial charge in [0.1, 0.15) is 0 Å². The highest BCUT2D eigenvalue weighted by Crippen LogP contribution is 1.77. The zero-order chi connectivity index (χ0) is 10.8. The summed E-state index contributed by atoms with van der Waals surface area (Å²) in [6.45, 7) is 4.28. The van der Waals surface area contributed by atoms with Crippen LogP contribution < -0.4 is 10.6 Å². The molecule has 0 rings (SSSR count). The number of hydrogen-bond donors (Lipinski definition) is 2. The molecule has 0 bridgehead atoms. The van der Waals surface area contributed by atoms with Gasteiger partial charge in [-0.3, -0.25) is 9.59 Å². The predicted octanol–water partition coefficient (Wildman–Crippen LogP) is 0.0422. The normalized spacial score (nSPS) is 8.43. The van der Waals surface area contributed by atoms with Crippen LogP contribution >= 0.6 is 0 Å². The largest absolute Gasteiger partial charge is 0.355 e. The molecule has 2 amide bonds. The number of nitrogens with one attached hydrogen (secondary N) is 2. The van der Waals surface area contributed by atoms with E-state index in [4.69, 9.17) is 0 Å². The first-order chi connectivity index (χ1) is 6.66. The van der Waals surface area contributed by atoms with Crippen molar-refractivity contribution in [3.63, 3.8) is 0 Å². The molecule has 2 N–H and O–H groups in total. The average molecular weight is 196 g/mol. The third kappa shape index (κ3) is 8.60. The molecule has 0 radical (unpaired) electrons. The predicted molar refractivity (Wildman–Crippen MR) is 54.4 cm³/mol. The number of carbonyl (C=O) groups is 2. The first kappa shape index (κ1) is 12.5. The smallest absolute Gasteiger partial charge is 0.232 e. The zero-order valence-electron chi connectivity index (χ0n) is 8.64. The van der Waals surface area contributed by atoms with Gasteiger partial charge in [0.05, 0.1) is 6.42 Å². The van der Waals surface area contributed by atoms with Crippen molar-refractivity contribution >= 4 is 11.8 Å². The minimum absolute atomic E-state index is 0.0926. The van der Waals surface area contributed by atoms with Gasteiger partial charge in [-0.2, -0.15) is 0 Å². The monoisotopic (exact) mass is 196 g/mol. The molecule has 4 nitrogen and oxygen atoms in total. The van der Waals surface area contributed by atoms with Crippen molar-refractivity contribution in [3.8, 4) is 11.8 Å². The van der Waals surface area contributed by atoms with Gasteiger partial charge in [0.25, 0.3) is 0 Å². The van der Waals surface area contributed by atoms with Crippen LogP contribution in [0.5, 0.6) is 0 Å². The Morgan fingerprint density at radius 2 is 1.79 bits per heavy atom. The minimum Gasteiger partial charge on any atom is -0.355 e. The molecule has 0 aliphatic heterocycles. The van der Waals surface area contributed by atoms with Crippen LogP contribution in [0.2, 0.25) is 0 Å². The lowest BCUT2D eigenvalue weighted by Gasteiger charge is -2.02. The molecule has 4 heteroatoms. The van der Waals surface area contributed by atoms with Crippen molar-refractivity contribution in [3.05, 3.63) is 0 Å². The van der Waals surface area contributed by atoms with Crippen molar-refractivity contribution in [2.75, 3.05) is 13.1 Å². The van der Waals surface area contributed by atoms with Gasteiger partial charge in [-0.25, -0.2) is 0 Å². The van der Waals surface area contributed by atoms with Crippen LogP contribution in [-0.4, -0.2) is 24.9 Å². The fraction of sp³-hybridized carbons (Fsp3) is 0.600. The quantitative estimate of drug-likeness (QED) is 0.493. The van der Waals surface area contributed by atoms with Gasteiger partial charge in [-0.15, -0.1) is 5.92 Å². The molecule has 0 spiro atoms. The Bertz CT molecular complexity index is 251. The minimum atomic E-state index is -0.101. The molecular weight excluding hydrogens is 180 g/mol. The zero-order valence-corrected chi connectivity index (χ0v) is 8.64. The van der Waals surface area contributed by atoms with Gasteiger partial charge < -0.3 is 10.6 Å². The third-order valence-electron chi connectivity index (χ3n) is 1.37. The highest BCUT2D eigenvalue weighted by Gasteiger charge is 1.96. The first-order valence-electron chi connectivity index (χ1n) is 4.63. The summed E-state index contributed by atoms with van der Waals surface area (Å²) in [4.78, 5) is 21.5. The lowest BCUT2D eigenvalue weighted by Crippen LogP contribution is -2.33. The maximum atomic E-state index is 11.0. The standard InChI is InChI=1S/C10H16N2O2/c1-3-4-5-6-10(14)12-8-7-11-9(2)13/h3,6-8H2,1-2H3,(H,11,13)(H,12,14). The Morgan fingerprint density at radius 3 is 2.36 bits per heavy atom. The molecule has 0 heterocycles. The van der Waals surface area contributed by atoms with Gasteiger partial charge in [0.15, 0.2) is 0 Å². The molecule has 0 unspecified atom stereocenters. The summed E-state index contributed by atoms with van der Waals surface area (Å²) in [7, 11) is 0. The first-order valence-corrected chi connectivity index (χ1v) is 4.63. The van der Waals surface area contributed by atoms with Crippen LogP contribution in [0, 0.1) is 11.8 Å². The van der Waals surface area contributed by atoms with E-state index < -0.39 is 0 Å². The van der Waals surface area contributed by atoms with E-state index in [1.165, 1.54) is 6.92 Å². The summed E-state index contributed by atoms with van der Waals surface area (Å²) in [6, 6.07) is 0. The van der Waals surface area contributed by atoms with E-state index in [0.29, 0.717) is 13.1 Å². The summed E-state index contributed by atoms with van der Waals surface area (Å²) in [5.74, 6) is 5.35. The van der Waals surface area contributed by atoms with E-state index in [9.17, 15) is 9.59 Å². The molecule has 0 atom stereocenters. The van der Waals surface area contributed by atoms with Crippen molar-refractivity contribution in [1.82, 2.24) is 10.6 Å².